The molecule has 1 nitrogen and oxygen atoms in total. The summed E-state index contributed by atoms with van der Waals surface area (Å²) in [6.07, 6.45) is 3.35. The van der Waals surface area contributed by atoms with Crippen molar-refractivity contribution in [2.24, 2.45) is 0 Å². The average molecular weight is 225 g/mol. The number of benzene rings is 1. The van der Waals surface area contributed by atoms with Gasteiger partial charge in [-0.3, -0.25) is 4.79 Å². The highest BCUT2D eigenvalue weighted by atomic mass is 35.5. The lowest BCUT2D eigenvalue weighted by atomic mass is 9.93. The average Bonchev–Trinajstić information content (AvgIpc) is 2.20. The predicted molar refractivity (Wildman–Crippen MR) is 58.2 cm³/mol. The van der Waals surface area contributed by atoms with Crippen molar-refractivity contribution in [2.45, 2.75) is 19.3 Å². The van der Waals surface area contributed by atoms with E-state index in [9.17, 15) is 9.18 Å². The minimum atomic E-state index is -0.317. The van der Waals surface area contributed by atoms with E-state index in [1.807, 2.05) is 0 Å². The summed E-state index contributed by atoms with van der Waals surface area (Å²) in [6.45, 7) is 0. The topological polar surface area (TPSA) is 17.1 Å². The largest absolute Gasteiger partial charge is 0.299 e. The Hall–Kier alpha value is -1.15. The minimum absolute atomic E-state index is 0.216. The normalized spacial score (nSPS) is 16.4. The molecule has 0 heterocycles. The van der Waals surface area contributed by atoms with Gasteiger partial charge in [0.25, 0.3) is 0 Å². The molecule has 0 atom stereocenters. The van der Waals surface area contributed by atoms with Crippen LogP contribution in [0.25, 0.3) is 5.57 Å². The quantitative estimate of drug-likeness (QED) is 0.712. The first kappa shape index (κ1) is 10.4. The monoisotopic (exact) mass is 224 g/mol. The van der Waals surface area contributed by atoms with E-state index in [2.05, 4.69) is 0 Å². The van der Waals surface area contributed by atoms with Gasteiger partial charge in [-0.1, -0.05) is 23.7 Å². The molecule has 78 valence electrons. The third kappa shape index (κ3) is 2.26. The van der Waals surface area contributed by atoms with E-state index in [1.165, 1.54) is 6.07 Å². The van der Waals surface area contributed by atoms with Crippen LogP contribution in [-0.2, 0) is 4.79 Å². The van der Waals surface area contributed by atoms with Gasteiger partial charge in [-0.25, -0.2) is 4.39 Å². The fraction of sp³-hybridized carbons (Fsp3) is 0.250. The van der Waals surface area contributed by atoms with Crippen LogP contribution in [-0.4, -0.2) is 5.78 Å². The molecule has 0 saturated carbocycles. The number of allylic oxidation sites excluding steroid dienone is 2. The van der Waals surface area contributed by atoms with Gasteiger partial charge in [-0.2, -0.15) is 0 Å². The van der Waals surface area contributed by atoms with Gasteiger partial charge in [-0.15, -0.1) is 0 Å². The SMILES string of the molecule is O=C1CC=C(c2ccc(Cl)cc2F)CC1. The number of rotatable bonds is 1. The molecule has 1 aromatic carbocycles. The molecular formula is C12H10ClFO. The molecule has 0 N–H and O–H groups in total. The van der Waals surface area contributed by atoms with Crippen LogP contribution in [0.4, 0.5) is 4.39 Å². The van der Waals surface area contributed by atoms with Gasteiger partial charge < -0.3 is 0 Å². The number of halogens is 2. The molecule has 1 aromatic rings. The summed E-state index contributed by atoms with van der Waals surface area (Å²) in [5.74, 6) is -0.101. The van der Waals surface area contributed by atoms with Crippen LogP contribution < -0.4 is 0 Å². The number of carbonyl (C=O) groups is 1. The van der Waals surface area contributed by atoms with Gasteiger partial charge in [0.2, 0.25) is 0 Å². The molecular weight excluding hydrogens is 215 g/mol. The second kappa shape index (κ2) is 4.15. The van der Waals surface area contributed by atoms with Crippen LogP contribution in [0.15, 0.2) is 24.3 Å². The molecule has 3 heteroatoms. The second-order valence-electron chi connectivity index (χ2n) is 3.60. The zero-order valence-corrected chi connectivity index (χ0v) is 8.85. The van der Waals surface area contributed by atoms with Crippen molar-refractivity contribution < 1.29 is 9.18 Å². The molecule has 1 aliphatic rings. The number of ketones is 1. The van der Waals surface area contributed by atoms with Crippen molar-refractivity contribution in [2.75, 3.05) is 0 Å². The Morgan fingerprint density at radius 3 is 2.67 bits per heavy atom. The van der Waals surface area contributed by atoms with Crippen LogP contribution in [0.3, 0.4) is 0 Å². The van der Waals surface area contributed by atoms with Crippen molar-refractivity contribution in [1.82, 2.24) is 0 Å². The Labute approximate surface area is 92.6 Å². The van der Waals surface area contributed by atoms with Gasteiger partial charge >= 0.3 is 0 Å². The lowest BCUT2D eigenvalue weighted by Gasteiger charge is -2.13. The van der Waals surface area contributed by atoms with E-state index in [1.54, 1.807) is 18.2 Å². The lowest BCUT2D eigenvalue weighted by Crippen LogP contribution is -2.04. The molecule has 0 unspecified atom stereocenters. The predicted octanol–water partition coefficient (Wildman–Crippen LogP) is 3.62. The molecule has 0 amide bonds. The second-order valence-corrected chi connectivity index (χ2v) is 4.03. The Morgan fingerprint density at radius 1 is 1.27 bits per heavy atom. The zero-order valence-electron chi connectivity index (χ0n) is 8.09. The Kier molecular flexibility index (Phi) is 2.87. The minimum Gasteiger partial charge on any atom is -0.299 e. The van der Waals surface area contributed by atoms with Crippen molar-refractivity contribution in [1.29, 1.82) is 0 Å². The first-order valence-corrected chi connectivity index (χ1v) is 5.21. The van der Waals surface area contributed by atoms with Crippen molar-refractivity contribution in [3.63, 3.8) is 0 Å². The van der Waals surface area contributed by atoms with Gasteiger partial charge in [-0.05, 0) is 24.1 Å². The van der Waals surface area contributed by atoms with Crippen molar-refractivity contribution in [3.8, 4) is 0 Å². The maximum absolute atomic E-state index is 13.5. The highest BCUT2D eigenvalue weighted by Crippen LogP contribution is 2.28. The van der Waals surface area contributed by atoms with E-state index in [-0.39, 0.29) is 11.6 Å². The number of hydrogen-bond acceptors (Lipinski definition) is 1. The Morgan fingerprint density at radius 2 is 2.07 bits per heavy atom. The van der Waals surface area contributed by atoms with Crippen LogP contribution in [0, 0.1) is 5.82 Å². The van der Waals surface area contributed by atoms with Crippen LogP contribution >= 0.6 is 11.6 Å². The first-order valence-electron chi connectivity index (χ1n) is 4.83. The van der Waals surface area contributed by atoms with Crippen LogP contribution in [0.2, 0.25) is 5.02 Å². The molecule has 0 bridgehead atoms. The van der Waals surface area contributed by atoms with Crippen LogP contribution in [0.1, 0.15) is 24.8 Å². The maximum Gasteiger partial charge on any atom is 0.137 e. The van der Waals surface area contributed by atoms with Crippen molar-refractivity contribution in [3.05, 3.63) is 40.7 Å². The molecule has 0 spiro atoms. The summed E-state index contributed by atoms with van der Waals surface area (Å²) in [4.78, 5) is 11.0. The fourth-order valence-electron chi connectivity index (χ4n) is 1.71. The smallest absolute Gasteiger partial charge is 0.137 e. The van der Waals surface area contributed by atoms with E-state index in [4.69, 9.17) is 11.6 Å². The molecule has 0 saturated heterocycles. The van der Waals surface area contributed by atoms with Crippen LogP contribution in [0.5, 0.6) is 0 Å². The summed E-state index contributed by atoms with van der Waals surface area (Å²) in [5, 5.41) is 0.392. The fourth-order valence-corrected chi connectivity index (χ4v) is 1.87. The first-order chi connectivity index (χ1) is 7.16. The molecule has 1 aliphatic carbocycles. The summed E-state index contributed by atoms with van der Waals surface area (Å²) in [7, 11) is 0. The summed E-state index contributed by atoms with van der Waals surface area (Å²) in [6, 6.07) is 4.63. The highest BCUT2D eigenvalue weighted by molar-refractivity contribution is 6.30. The van der Waals surface area contributed by atoms with Gasteiger partial charge in [0, 0.05) is 23.4 Å². The highest BCUT2D eigenvalue weighted by Gasteiger charge is 2.14. The van der Waals surface area contributed by atoms with Crippen molar-refractivity contribution >= 4 is 23.0 Å². The van der Waals surface area contributed by atoms with E-state index in [0.29, 0.717) is 29.8 Å². The van der Waals surface area contributed by atoms with Gasteiger partial charge in [0.05, 0.1) is 0 Å². The number of carbonyl (C=O) groups excluding carboxylic acids is 1. The Bertz CT molecular complexity index is 437. The zero-order chi connectivity index (χ0) is 10.8. The Balaban J connectivity index is 2.34. The summed E-state index contributed by atoms with van der Waals surface area (Å²) >= 11 is 5.67. The molecule has 2 rings (SSSR count). The standard InChI is InChI=1S/C12H10ClFO/c13-9-3-6-11(12(14)7-9)8-1-4-10(15)5-2-8/h1,3,6-7H,2,4-5H2. The third-order valence-electron chi connectivity index (χ3n) is 2.53. The summed E-state index contributed by atoms with van der Waals surface area (Å²) < 4.78 is 13.5. The maximum atomic E-state index is 13.5. The summed E-state index contributed by atoms with van der Waals surface area (Å²) in [5.41, 5.74) is 1.47. The number of Topliss-reactive ketones (excluding diaryl/α,β-unsaturated/α-hetero) is 1. The number of hydrogen-bond donors (Lipinski definition) is 0. The van der Waals surface area contributed by atoms with Gasteiger partial charge in [0.15, 0.2) is 0 Å². The lowest BCUT2D eigenvalue weighted by molar-refractivity contribution is -0.118. The molecule has 0 aliphatic heterocycles. The van der Waals surface area contributed by atoms with Gasteiger partial charge in [0.1, 0.15) is 11.6 Å². The molecule has 0 aromatic heterocycles. The van der Waals surface area contributed by atoms with E-state index in [0.717, 1.165) is 5.57 Å². The molecule has 0 radical (unpaired) electrons. The van der Waals surface area contributed by atoms with E-state index < -0.39 is 0 Å². The molecule has 15 heavy (non-hydrogen) atoms. The third-order valence-corrected chi connectivity index (χ3v) is 2.76. The van der Waals surface area contributed by atoms with E-state index >= 15 is 0 Å². The molecule has 0 fully saturated rings.